The summed E-state index contributed by atoms with van der Waals surface area (Å²) in [5, 5.41) is 11.9. The molecule has 4 N–H and O–H groups in total. The number of urea groups is 1. The van der Waals surface area contributed by atoms with Gasteiger partial charge >= 0.3 is 12.0 Å². The quantitative estimate of drug-likeness (QED) is 0.241. The van der Waals surface area contributed by atoms with E-state index in [4.69, 9.17) is 5.73 Å². The van der Waals surface area contributed by atoms with E-state index in [2.05, 4.69) is 10.3 Å². The first-order valence-electron chi connectivity index (χ1n) is 11.3. The van der Waals surface area contributed by atoms with Crippen LogP contribution in [0.3, 0.4) is 0 Å². The minimum atomic E-state index is -0.911. The molecule has 0 spiro atoms. The number of nitrogens with one attached hydrogen (secondary N) is 1. The number of carbonyl (C=O) groups is 3. The molecule has 0 fully saturated rings. The van der Waals surface area contributed by atoms with Crippen LogP contribution >= 0.6 is 11.8 Å². The number of carboxylic acid groups (broad SMARTS) is 1. The van der Waals surface area contributed by atoms with Crippen LogP contribution in [0.1, 0.15) is 27.6 Å². The highest BCUT2D eigenvalue weighted by atomic mass is 32.2. The number of para-hydroxylation sites is 1. The van der Waals surface area contributed by atoms with Gasteiger partial charge in [-0.2, -0.15) is 0 Å². The number of amides is 3. The number of benzene rings is 3. The van der Waals surface area contributed by atoms with E-state index in [1.807, 2.05) is 18.2 Å². The third-order valence-corrected chi connectivity index (χ3v) is 6.64. The van der Waals surface area contributed by atoms with Gasteiger partial charge in [0, 0.05) is 33.8 Å². The van der Waals surface area contributed by atoms with E-state index in [1.165, 1.54) is 16.7 Å². The van der Waals surface area contributed by atoms with Gasteiger partial charge in [0.2, 0.25) is 0 Å². The molecule has 1 heterocycles. The van der Waals surface area contributed by atoms with Gasteiger partial charge in [-0.25, -0.2) is 4.79 Å². The Balaban J connectivity index is 1.52. The Morgan fingerprint density at radius 2 is 1.68 bits per heavy atom. The summed E-state index contributed by atoms with van der Waals surface area (Å²) >= 11 is 1.38. The van der Waals surface area contributed by atoms with Crippen LogP contribution in [-0.2, 0) is 4.79 Å². The highest BCUT2D eigenvalue weighted by Gasteiger charge is 2.19. The van der Waals surface area contributed by atoms with Gasteiger partial charge in [0.1, 0.15) is 0 Å². The zero-order valence-electron chi connectivity index (χ0n) is 19.7. The number of pyridine rings is 1. The first kappa shape index (κ1) is 25.5. The Morgan fingerprint density at radius 1 is 0.919 bits per heavy atom. The molecular weight excluding hydrogens is 488 g/mol. The fourth-order valence-electron chi connectivity index (χ4n) is 3.73. The van der Waals surface area contributed by atoms with E-state index in [0.29, 0.717) is 22.6 Å². The van der Waals surface area contributed by atoms with Crippen LogP contribution in [0.15, 0.2) is 108 Å². The standard InChI is InChI=1S/C28H24N4O4S/c29-28(36)32(22-10-2-1-3-11-22)23-12-4-7-19(15-23)27(35)31-21-9-5-13-24(16-21)37-25(17-26(33)34)20-8-6-14-30-18-20/h1-16,18,25H,17H2,(H2,29,36)(H,31,35)(H,33,34). The van der Waals surface area contributed by atoms with Crippen molar-refractivity contribution < 1.29 is 19.5 Å². The zero-order chi connectivity index (χ0) is 26.2. The number of hydrogen-bond acceptors (Lipinski definition) is 5. The third-order valence-electron chi connectivity index (χ3n) is 5.39. The molecule has 0 saturated carbocycles. The minimum absolute atomic E-state index is 0.0719. The topological polar surface area (TPSA) is 126 Å². The maximum Gasteiger partial charge on any atom is 0.323 e. The highest BCUT2D eigenvalue weighted by molar-refractivity contribution is 7.99. The summed E-state index contributed by atoms with van der Waals surface area (Å²) in [4.78, 5) is 42.9. The number of hydrogen-bond donors (Lipinski definition) is 3. The zero-order valence-corrected chi connectivity index (χ0v) is 20.5. The lowest BCUT2D eigenvalue weighted by molar-refractivity contribution is -0.137. The van der Waals surface area contributed by atoms with Crippen LogP contribution in [0.2, 0.25) is 0 Å². The number of carboxylic acids is 1. The first-order valence-corrected chi connectivity index (χ1v) is 12.2. The summed E-state index contributed by atoms with van der Waals surface area (Å²) in [6.45, 7) is 0. The van der Waals surface area contributed by atoms with E-state index in [1.54, 1.807) is 85.2 Å². The Morgan fingerprint density at radius 3 is 2.38 bits per heavy atom. The second-order valence-electron chi connectivity index (χ2n) is 8.03. The number of nitrogens with two attached hydrogens (primary N) is 1. The van der Waals surface area contributed by atoms with E-state index in [-0.39, 0.29) is 17.6 Å². The Kier molecular flexibility index (Phi) is 8.17. The molecule has 1 unspecified atom stereocenters. The van der Waals surface area contributed by atoms with E-state index < -0.39 is 12.0 Å². The Bertz CT molecular complexity index is 1400. The van der Waals surface area contributed by atoms with Gasteiger partial charge in [0.15, 0.2) is 0 Å². The Hall–Kier alpha value is -4.63. The van der Waals surface area contributed by atoms with Crippen molar-refractivity contribution in [2.75, 3.05) is 10.2 Å². The number of thioether (sulfide) groups is 1. The van der Waals surface area contributed by atoms with Crippen LogP contribution in [0.5, 0.6) is 0 Å². The smallest absolute Gasteiger partial charge is 0.323 e. The molecule has 186 valence electrons. The van der Waals surface area contributed by atoms with Gasteiger partial charge in [0.05, 0.1) is 17.8 Å². The van der Waals surface area contributed by atoms with Gasteiger partial charge in [0.25, 0.3) is 5.91 Å². The van der Waals surface area contributed by atoms with E-state index >= 15 is 0 Å². The minimum Gasteiger partial charge on any atom is -0.481 e. The molecule has 0 aliphatic heterocycles. The average molecular weight is 513 g/mol. The maximum atomic E-state index is 13.1. The molecule has 1 atom stereocenters. The van der Waals surface area contributed by atoms with Crippen molar-refractivity contribution in [2.45, 2.75) is 16.6 Å². The SMILES string of the molecule is NC(=O)N(c1ccccc1)c1cccc(C(=O)Nc2cccc(SC(CC(=O)O)c3cccnc3)c2)c1. The number of anilines is 3. The molecule has 1 aromatic heterocycles. The molecule has 37 heavy (non-hydrogen) atoms. The molecule has 0 radical (unpaired) electrons. The monoisotopic (exact) mass is 512 g/mol. The van der Waals surface area contributed by atoms with E-state index in [9.17, 15) is 19.5 Å². The van der Waals surface area contributed by atoms with Crippen LogP contribution < -0.4 is 16.0 Å². The molecule has 9 heteroatoms. The van der Waals surface area contributed by atoms with Crippen LogP contribution in [0.4, 0.5) is 21.9 Å². The molecular formula is C28H24N4O4S. The number of carbonyl (C=O) groups excluding carboxylic acids is 2. The van der Waals surface area contributed by atoms with Gasteiger partial charge in [-0.05, 0) is 60.2 Å². The summed E-state index contributed by atoms with van der Waals surface area (Å²) in [7, 11) is 0. The number of nitrogens with zero attached hydrogens (tertiary/aromatic N) is 2. The molecule has 4 rings (SSSR count). The van der Waals surface area contributed by atoms with Crippen molar-refractivity contribution in [1.82, 2.24) is 4.98 Å². The summed E-state index contributed by atoms with van der Waals surface area (Å²) < 4.78 is 0. The lowest BCUT2D eigenvalue weighted by Gasteiger charge is -2.21. The fourth-order valence-corrected chi connectivity index (χ4v) is 4.92. The number of primary amides is 1. The molecule has 0 aliphatic rings. The van der Waals surface area contributed by atoms with Crippen molar-refractivity contribution in [3.63, 3.8) is 0 Å². The summed E-state index contributed by atoms with van der Waals surface area (Å²) in [5.74, 6) is -1.28. The molecule has 0 bridgehead atoms. The first-order chi connectivity index (χ1) is 17.9. The summed E-state index contributed by atoms with van der Waals surface area (Å²) in [6, 6.07) is 25.7. The van der Waals surface area contributed by atoms with E-state index in [0.717, 1.165) is 10.5 Å². The summed E-state index contributed by atoms with van der Waals surface area (Å²) in [5.41, 5.74) is 8.37. The number of aromatic nitrogens is 1. The average Bonchev–Trinajstić information content (AvgIpc) is 2.89. The molecule has 8 nitrogen and oxygen atoms in total. The van der Waals surface area contributed by atoms with Crippen molar-refractivity contribution in [2.24, 2.45) is 5.73 Å². The second-order valence-corrected chi connectivity index (χ2v) is 9.31. The molecule has 4 aromatic rings. The Labute approximate surface area is 218 Å². The predicted octanol–water partition coefficient (Wildman–Crippen LogP) is 5.86. The van der Waals surface area contributed by atoms with Gasteiger partial charge in [-0.15, -0.1) is 11.8 Å². The van der Waals surface area contributed by atoms with Gasteiger partial charge < -0.3 is 16.2 Å². The number of aliphatic carboxylic acids is 1. The maximum absolute atomic E-state index is 13.1. The lowest BCUT2D eigenvalue weighted by atomic mass is 10.1. The van der Waals surface area contributed by atoms with Crippen LogP contribution in [0, 0.1) is 0 Å². The van der Waals surface area contributed by atoms with Crippen molar-refractivity contribution >= 4 is 46.7 Å². The third kappa shape index (κ3) is 6.74. The van der Waals surface area contributed by atoms with Crippen molar-refractivity contribution in [3.8, 4) is 0 Å². The predicted molar refractivity (Wildman–Crippen MR) is 144 cm³/mol. The molecule has 3 aromatic carbocycles. The molecule has 0 saturated heterocycles. The normalized spacial score (nSPS) is 11.4. The number of rotatable bonds is 9. The largest absolute Gasteiger partial charge is 0.481 e. The second kappa shape index (κ2) is 11.9. The van der Waals surface area contributed by atoms with Gasteiger partial charge in [-0.1, -0.05) is 36.4 Å². The fraction of sp³-hybridized carbons (Fsp3) is 0.0714. The van der Waals surface area contributed by atoms with Crippen LogP contribution in [-0.4, -0.2) is 28.0 Å². The van der Waals surface area contributed by atoms with Crippen LogP contribution in [0.25, 0.3) is 0 Å². The van der Waals surface area contributed by atoms with Crippen molar-refractivity contribution in [1.29, 1.82) is 0 Å². The van der Waals surface area contributed by atoms with Crippen molar-refractivity contribution in [3.05, 3.63) is 115 Å². The molecule has 3 amide bonds. The van der Waals surface area contributed by atoms with Gasteiger partial charge in [-0.3, -0.25) is 19.5 Å². The lowest BCUT2D eigenvalue weighted by Crippen LogP contribution is -2.31. The molecule has 0 aliphatic carbocycles. The summed E-state index contributed by atoms with van der Waals surface area (Å²) in [6.07, 6.45) is 3.22. The highest BCUT2D eigenvalue weighted by Crippen LogP contribution is 2.38.